The predicted molar refractivity (Wildman–Crippen MR) is 55.6 cm³/mol. The highest BCUT2D eigenvalue weighted by molar-refractivity contribution is 5.73. The molecule has 1 aliphatic heterocycles. The van der Waals surface area contributed by atoms with E-state index in [1.807, 2.05) is 19.1 Å². The van der Waals surface area contributed by atoms with Crippen LogP contribution in [0.3, 0.4) is 0 Å². The number of benzene rings is 1. The first-order valence-electron chi connectivity index (χ1n) is 5.19. The van der Waals surface area contributed by atoms with Gasteiger partial charge in [0.2, 0.25) is 0 Å². The van der Waals surface area contributed by atoms with Crippen molar-refractivity contribution in [2.45, 2.75) is 31.8 Å². The molecule has 15 heavy (non-hydrogen) atoms. The number of aromatic hydroxyl groups is 1. The monoisotopic (exact) mass is 206 g/mol. The molecular formula is C12H14O3. The fourth-order valence-corrected chi connectivity index (χ4v) is 2.03. The highest BCUT2D eigenvalue weighted by Gasteiger charge is 2.34. The Labute approximate surface area is 88.7 Å². The number of esters is 1. The van der Waals surface area contributed by atoms with Crippen LogP contribution >= 0.6 is 0 Å². The third-order valence-electron chi connectivity index (χ3n) is 2.84. The quantitative estimate of drug-likeness (QED) is 0.754. The maximum atomic E-state index is 11.2. The summed E-state index contributed by atoms with van der Waals surface area (Å²) in [5.74, 6) is 0.264. The lowest BCUT2D eigenvalue weighted by Gasteiger charge is -2.15. The summed E-state index contributed by atoms with van der Waals surface area (Å²) in [7, 11) is 0. The third kappa shape index (κ3) is 1.96. The van der Waals surface area contributed by atoms with Gasteiger partial charge >= 0.3 is 5.97 Å². The molecule has 3 nitrogen and oxygen atoms in total. The standard InChI is InChI=1S/C12H14O3/c1-2-11-10(7-12(14)15-11)8-3-5-9(13)6-4-8/h3-6,10-11,13H,2,7H2,1H3/t10-,11-/m1/s1. The van der Waals surface area contributed by atoms with E-state index in [2.05, 4.69) is 0 Å². The van der Waals surface area contributed by atoms with Crippen molar-refractivity contribution in [3.05, 3.63) is 29.8 Å². The third-order valence-corrected chi connectivity index (χ3v) is 2.84. The molecule has 3 heteroatoms. The van der Waals surface area contributed by atoms with E-state index in [0.29, 0.717) is 6.42 Å². The SMILES string of the molecule is CC[C@H]1OC(=O)C[C@@H]1c1ccc(O)cc1. The summed E-state index contributed by atoms with van der Waals surface area (Å²) in [6.45, 7) is 2.01. The number of carbonyl (C=O) groups is 1. The van der Waals surface area contributed by atoms with Crippen LogP contribution in [0, 0.1) is 0 Å². The fraction of sp³-hybridized carbons (Fsp3) is 0.417. The smallest absolute Gasteiger partial charge is 0.306 e. The Morgan fingerprint density at radius 3 is 2.67 bits per heavy atom. The van der Waals surface area contributed by atoms with Gasteiger partial charge in [0, 0.05) is 5.92 Å². The molecule has 80 valence electrons. The summed E-state index contributed by atoms with van der Waals surface area (Å²) in [6.07, 6.45) is 1.27. The molecule has 0 radical (unpaired) electrons. The normalized spacial score (nSPS) is 25.3. The molecule has 1 saturated heterocycles. The number of hydrogen-bond acceptors (Lipinski definition) is 3. The molecule has 0 spiro atoms. The van der Waals surface area contributed by atoms with Crippen LogP contribution in [0.25, 0.3) is 0 Å². The van der Waals surface area contributed by atoms with E-state index >= 15 is 0 Å². The van der Waals surface area contributed by atoms with Gasteiger partial charge in [-0.3, -0.25) is 4.79 Å². The fourth-order valence-electron chi connectivity index (χ4n) is 2.03. The Morgan fingerprint density at radius 2 is 2.07 bits per heavy atom. The molecule has 1 aromatic rings. The van der Waals surface area contributed by atoms with Crippen molar-refractivity contribution in [1.82, 2.24) is 0 Å². The molecule has 0 aliphatic carbocycles. The van der Waals surface area contributed by atoms with Crippen molar-refractivity contribution in [3.63, 3.8) is 0 Å². The van der Waals surface area contributed by atoms with Crippen LogP contribution in [0.2, 0.25) is 0 Å². The summed E-state index contributed by atoms with van der Waals surface area (Å²) in [5.41, 5.74) is 1.06. The van der Waals surface area contributed by atoms with Gasteiger partial charge in [0.25, 0.3) is 0 Å². The minimum Gasteiger partial charge on any atom is -0.508 e. The lowest BCUT2D eigenvalue weighted by molar-refractivity contribution is -0.141. The van der Waals surface area contributed by atoms with Gasteiger partial charge in [-0.15, -0.1) is 0 Å². The molecule has 2 rings (SSSR count). The Bertz CT molecular complexity index is 356. The first-order chi connectivity index (χ1) is 7.20. The Balaban J connectivity index is 2.22. The number of hydrogen-bond donors (Lipinski definition) is 1. The summed E-state index contributed by atoms with van der Waals surface area (Å²) in [6, 6.07) is 6.99. The molecule has 1 aliphatic rings. The first-order valence-corrected chi connectivity index (χ1v) is 5.19. The topological polar surface area (TPSA) is 46.5 Å². The zero-order valence-electron chi connectivity index (χ0n) is 8.64. The second-order valence-corrected chi connectivity index (χ2v) is 3.84. The van der Waals surface area contributed by atoms with E-state index in [0.717, 1.165) is 12.0 Å². The van der Waals surface area contributed by atoms with Gasteiger partial charge in [0.15, 0.2) is 0 Å². The maximum absolute atomic E-state index is 11.2. The van der Waals surface area contributed by atoms with Crippen molar-refractivity contribution >= 4 is 5.97 Å². The Morgan fingerprint density at radius 1 is 1.40 bits per heavy atom. The number of rotatable bonds is 2. The molecule has 1 fully saturated rings. The van der Waals surface area contributed by atoms with Crippen molar-refractivity contribution in [2.24, 2.45) is 0 Å². The molecule has 2 atom stereocenters. The summed E-state index contributed by atoms with van der Waals surface area (Å²) < 4.78 is 5.21. The van der Waals surface area contributed by atoms with Gasteiger partial charge in [0.05, 0.1) is 6.42 Å². The van der Waals surface area contributed by atoms with Crippen LogP contribution in [-0.2, 0) is 9.53 Å². The molecule has 0 bridgehead atoms. The average Bonchev–Trinajstić information content (AvgIpc) is 2.61. The minimum absolute atomic E-state index is 0.0120. The summed E-state index contributed by atoms with van der Waals surface area (Å²) in [4.78, 5) is 11.2. The first kappa shape index (κ1) is 10.0. The molecule has 1 heterocycles. The predicted octanol–water partition coefficient (Wildman–Crippen LogP) is 2.20. The number of ether oxygens (including phenoxy) is 1. The number of phenolic OH excluding ortho intramolecular Hbond substituents is 1. The van der Waals surface area contributed by atoms with Crippen LogP contribution < -0.4 is 0 Å². The van der Waals surface area contributed by atoms with Crippen molar-refractivity contribution in [1.29, 1.82) is 0 Å². The average molecular weight is 206 g/mol. The molecule has 0 saturated carbocycles. The Kier molecular flexibility index (Phi) is 2.62. The van der Waals surface area contributed by atoms with E-state index in [9.17, 15) is 9.90 Å². The summed E-state index contributed by atoms with van der Waals surface area (Å²) >= 11 is 0. The zero-order chi connectivity index (χ0) is 10.8. The molecule has 0 amide bonds. The van der Waals surface area contributed by atoms with Crippen molar-refractivity contribution < 1.29 is 14.6 Å². The van der Waals surface area contributed by atoms with Gasteiger partial charge in [0.1, 0.15) is 11.9 Å². The number of carbonyl (C=O) groups excluding carboxylic acids is 1. The highest BCUT2D eigenvalue weighted by Crippen LogP contribution is 2.34. The van der Waals surface area contributed by atoms with E-state index in [-0.39, 0.29) is 23.7 Å². The lowest BCUT2D eigenvalue weighted by atomic mass is 9.91. The largest absolute Gasteiger partial charge is 0.508 e. The molecule has 0 unspecified atom stereocenters. The second-order valence-electron chi connectivity index (χ2n) is 3.84. The van der Waals surface area contributed by atoms with Crippen molar-refractivity contribution in [2.75, 3.05) is 0 Å². The van der Waals surface area contributed by atoms with Gasteiger partial charge in [-0.1, -0.05) is 19.1 Å². The van der Waals surface area contributed by atoms with Crippen LogP contribution in [0.15, 0.2) is 24.3 Å². The minimum atomic E-state index is -0.125. The van der Waals surface area contributed by atoms with Crippen LogP contribution in [0.5, 0.6) is 5.75 Å². The summed E-state index contributed by atoms with van der Waals surface area (Å²) in [5, 5.41) is 9.18. The van der Waals surface area contributed by atoms with E-state index in [1.165, 1.54) is 0 Å². The van der Waals surface area contributed by atoms with E-state index in [4.69, 9.17) is 4.74 Å². The highest BCUT2D eigenvalue weighted by atomic mass is 16.5. The van der Waals surface area contributed by atoms with Gasteiger partial charge in [-0.2, -0.15) is 0 Å². The molecule has 0 aromatic heterocycles. The lowest BCUT2D eigenvalue weighted by Crippen LogP contribution is -2.12. The van der Waals surface area contributed by atoms with Gasteiger partial charge in [-0.05, 0) is 24.1 Å². The van der Waals surface area contributed by atoms with Crippen LogP contribution in [0.4, 0.5) is 0 Å². The number of phenols is 1. The van der Waals surface area contributed by atoms with E-state index < -0.39 is 0 Å². The number of cyclic esters (lactones) is 1. The van der Waals surface area contributed by atoms with Gasteiger partial charge in [-0.25, -0.2) is 0 Å². The van der Waals surface area contributed by atoms with Crippen molar-refractivity contribution in [3.8, 4) is 5.75 Å². The zero-order valence-corrected chi connectivity index (χ0v) is 8.64. The Hall–Kier alpha value is -1.51. The molecule has 1 aromatic carbocycles. The van der Waals surface area contributed by atoms with Crippen LogP contribution in [0.1, 0.15) is 31.2 Å². The maximum Gasteiger partial charge on any atom is 0.306 e. The second kappa shape index (κ2) is 3.93. The van der Waals surface area contributed by atoms with E-state index in [1.54, 1.807) is 12.1 Å². The van der Waals surface area contributed by atoms with Crippen LogP contribution in [-0.4, -0.2) is 17.2 Å². The molecular weight excluding hydrogens is 192 g/mol. The van der Waals surface area contributed by atoms with Gasteiger partial charge < -0.3 is 9.84 Å². The molecule has 1 N–H and O–H groups in total.